The molecule has 7 heteroatoms. The fraction of sp³-hybridized carbons (Fsp3) is 0.364. The fourth-order valence-electron chi connectivity index (χ4n) is 3.96. The molecule has 0 unspecified atom stereocenters. The van der Waals surface area contributed by atoms with E-state index in [0.717, 1.165) is 11.1 Å². The van der Waals surface area contributed by atoms with E-state index in [-0.39, 0.29) is 17.7 Å². The van der Waals surface area contributed by atoms with Gasteiger partial charge in [0.1, 0.15) is 11.5 Å². The van der Waals surface area contributed by atoms with Crippen molar-refractivity contribution in [3.63, 3.8) is 0 Å². The van der Waals surface area contributed by atoms with Crippen LogP contribution in [0, 0.1) is 6.92 Å². The van der Waals surface area contributed by atoms with Crippen molar-refractivity contribution < 1.29 is 18.7 Å². The van der Waals surface area contributed by atoms with E-state index >= 15 is 0 Å². The van der Waals surface area contributed by atoms with Gasteiger partial charge in [-0.3, -0.25) is 9.36 Å². The van der Waals surface area contributed by atoms with E-state index in [2.05, 4.69) is 0 Å². The molecule has 1 aliphatic rings. The van der Waals surface area contributed by atoms with Gasteiger partial charge in [-0.2, -0.15) is 0 Å². The molecule has 1 aliphatic heterocycles. The third-order valence-electron chi connectivity index (χ3n) is 5.52. The number of oxazole rings is 1. The van der Waals surface area contributed by atoms with Crippen LogP contribution in [0.3, 0.4) is 0 Å². The number of piperidine rings is 1. The first-order valence-electron chi connectivity index (χ1n) is 9.65. The summed E-state index contributed by atoms with van der Waals surface area (Å²) in [6, 6.07) is 11.0. The predicted molar refractivity (Wildman–Crippen MR) is 109 cm³/mol. The summed E-state index contributed by atoms with van der Waals surface area (Å²) in [7, 11) is 3.11. The third kappa shape index (κ3) is 3.48. The lowest BCUT2D eigenvalue weighted by atomic mass is 10.0. The Balaban J connectivity index is 1.52. The van der Waals surface area contributed by atoms with Crippen LogP contribution in [0.15, 0.2) is 45.6 Å². The first kappa shape index (κ1) is 19.1. The fourth-order valence-corrected chi connectivity index (χ4v) is 3.96. The molecule has 0 N–H and O–H groups in total. The zero-order chi connectivity index (χ0) is 20.5. The summed E-state index contributed by atoms with van der Waals surface area (Å²) in [5.41, 5.74) is 2.97. The number of hydrogen-bond donors (Lipinski definition) is 0. The molecule has 29 heavy (non-hydrogen) atoms. The van der Waals surface area contributed by atoms with Crippen molar-refractivity contribution in [2.75, 3.05) is 27.3 Å². The molecule has 152 valence electrons. The van der Waals surface area contributed by atoms with Gasteiger partial charge in [0.25, 0.3) is 5.91 Å². The van der Waals surface area contributed by atoms with Crippen LogP contribution in [-0.4, -0.2) is 42.7 Å². The van der Waals surface area contributed by atoms with Crippen LogP contribution in [0.2, 0.25) is 0 Å². The number of carbonyl (C=O) groups is 1. The van der Waals surface area contributed by atoms with Crippen molar-refractivity contribution in [2.24, 2.45) is 0 Å². The van der Waals surface area contributed by atoms with E-state index < -0.39 is 0 Å². The Labute approximate surface area is 168 Å². The topological polar surface area (TPSA) is 73.9 Å². The van der Waals surface area contributed by atoms with Crippen molar-refractivity contribution in [2.45, 2.75) is 25.8 Å². The second kappa shape index (κ2) is 7.66. The molecule has 0 saturated carbocycles. The molecule has 0 radical (unpaired) electrons. The quantitative estimate of drug-likeness (QED) is 0.676. The van der Waals surface area contributed by atoms with Crippen LogP contribution in [0.4, 0.5) is 0 Å². The van der Waals surface area contributed by atoms with Gasteiger partial charge in [0.05, 0.1) is 25.3 Å². The smallest absolute Gasteiger partial charge is 0.420 e. The zero-order valence-corrected chi connectivity index (χ0v) is 16.8. The molecular formula is C22H24N2O5. The van der Waals surface area contributed by atoms with E-state index in [0.29, 0.717) is 48.6 Å². The highest BCUT2D eigenvalue weighted by Gasteiger charge is 2.28. The summed E-state index contributed by atoms with van der Waals surface area (Å²) in [5.74, 6) is 0.706. The number of amides is 1. The summed E-state index contributed by atoms with van der Waals surface area (Å²) in [5, 5.41) is 0. The van der Waals surface area contributed by atoms with Crippen molar-refractivity contribution >= 4 is 17.0 Å². The van der Waals surface area contributed by atoms with Gasteiger partial charge in [0.15, 0.2) is 5.58 Å². The Kier molecular flexibility index (Phi) is 5.05. The Morgan fingerprint density at radius 2 is 1.83 bits per heavy atom. The molecule has 1 amide bonds. The Bertz CT molecular complexity index is 1110. The Hall–Kier alpha value is -3.22. The van der Waals surface area contributed by atoms with Gasteiger partial charge in [-0.15, -0.1) is 0 Å². The molecule has 2 heterocycles. The number of benzene rings is 2. The lowest BCUT2D eigenvalue weighted by molar-refractivity contribution is 0.0690. The molecular weight excluding hydrogens is 372 g/mol. The number of fused-ring (bicyclic) bond motifs is 1. The minimum atomic E-state index is -0.341. The van der Waals surface area contributed by atoms with Crippen LogP contribution >= 0.6 is 0 Å². The van der Waals surface area contributed by atoms with Crippen LogP contribution < -0.4 is 15.2 Å². The summed E-state index contributed by atoms with van der Waals surface area (Å²) in [6.07, 6.45) is 1.37. The maximum absolute atomic E-state index is 13.0. The molecule has 4 rings (SSSR count). The number of hydrogen-bond acceptors (Lipinski definition) is 5. The van der Waals surface area contributed by atoms with Gasteiger partial charge in [0, 0.05) is 25.2 Å². The lowest BCUT2D eigenvalue weighted by Gasteiger charge is -2.32. The second-order valence-corrected chi connectivity index (χ2v) is 7.30. The monoisotopic (exact) mass is 396 g/mol. The van der Waals surface area contributed by atoms with E-state index in [4.69, 9.17) is 13.9 Å². The molecule has 1 saturated heterocycles. The highest BCUT2D eigenvalue weighted by Crippen LogP contribution is 2.30. The first-order chi connectivity index (χ1) is 14.0. The number of nitrogens with zero attached hydrogens (tertiary/aromatic N) is 2. The summed E-state index contributed by atoms with van der Waals surface area (Å²) in [6.45, 7) is 3.08. The number of carbonyl (C=O) groups excluding carboxylic acids is 1. The Morgan fingerprint density at radius 3 is 2.52 bits per heavy atom. The van der Waals surface area contributed by atoms with Gasteiger partial charge in [-0.05, 0) is 49.6 Å². The van der Waals surface area contributed by atoms with Crippen molar-refractivity contribution in [3.8, 4) is 11.5 Å². The van der Waals surface area contributed by atoms with Crippen molar-refractivity contribution in [1.29, 1.82) is 0 Å². The van der Waals surface area contributed by atoms with Gasteiger partial charge < -0.3 is 18.8 Å². The summed E-state index contributed by atoms with van der Waals surface area (Å²) in [4.78, 5) is 27.2. The van der Waals surface area contributed by atoms with Crippen molar-refractivity contribution in [1.82, 2.24) is 9.47 Å². The predicted octanol–water partition coefficient (Wildman–Crippen LogP) is 3.40. The molecule has 0 atom stereocenters. The van der Waals surface area contributed by atoms with Gasteiger partial charge in [-0.1, -0.05) is 6.07 Å². The number of rotatable bonds is 4. The van der Waals surface area contributed by atoms with Gasteiger partial charge in [0.2, 0.25) is 0 Å². The highest BCUT2D eigenvalue weighted by molar-refractivity contribution is 5.97. The molecule has 3 aromatic rings. The van der Waals surface area contributed by atoms with E-state index in [1.807, 2.05) is 25.1 Å². The number of ether oxygens (including phenoxy) is 2. The maximum Gasteiger partial charge on any atom is 0.420 e. The zero-order valence-electron chi connectivity index (χ0n) is 16.8. The average molecular weight is 396 g/mol. The first-order valence-corrected chi connectivity index (χ1v) is 9.65. The Morgan fingerprint density at radius 1 is 1.07 bits per heavy atom. The normalized spacial score (nSPS) is 14.9. The van der Waals surface area contributed by atoms with E-state index in [9.17, 15) is 9.59 Å². The largest absolute Gasteiger partial charge is 0.497 e. The standard InChI is InChI=1S/C22H24N2O5/c1-14-4-7-18-20(12-14)29-22(26)24(18)15-8-10-23(11-9-15)21(25)17-6-5-16(27-2)13-19(17)28-3/h4-7,12-13,15H,8-11H2,1-3H3. The SMILES string of the molecule is COc1ccc(C(=O)N2CCC(n3c(=O)oc4cc(C)ccc43)CC2)c(OC)c1. The van der Waals surface area contributed by atoms with E-state index in [1.54, 1.807) is 34.8 Å². The molecule has 1 aromatic heterocycles. The molecule has 2 aromatic carbocycles. The van der Waals surface area contributed by atoms with E-state index in [1.165, 1.54) is 7.11 Å². The maximum atomic E-state index is 13.0. The summed E-state index contributed by atoms with van der Waals surface area (Å²) < 4.78 is 17.7. The summed E-state index contributed by atoms with van der Waals surface area (Å²) >= 11 is 0. The highest BCUT2D eigenvalue weighted by atomic mass is 16.5. The minimum Gasteiger partial charge on any atom is -0.497 e. The van der Waals surface area contributed by atoms with Gasteiger partial charge in [-0.25, -0.2) is 4.79 Å². The van der Waals surface area contributed by atoms with Crippen LogP contribution in [0.5, 0.6) is 11.5 Å². The molecule has 0 aliphatic carbocycles. The van der Waals surface area contributed by atoms with Crippen LogP contribution in [0.1, 0.15) is 34.8 Å². The second-order valence-electron chi connectivity index (χ2n) is 7.30. The number of aromatic nitrogens is 1. The molecule has 7 nitrogen and oxygen atoms in total. The number of methoxy groups -OCH3 is 2. The van der Waals surface area contributed by atoms with Crippen LogP contribution in [-0.2, 0) is 0 Å². The van der Waals surface area contributed by atoms with Crippen LogP contribution in [0.25, 0.3) is 11.1 Å². The lowest BCUT2D eigenvalue weighted by Crippen LogP contribution is -2.40. The molecule has 0 spiro atoms. The number of aryl methyl sites for hydroxylation is 1. The average Bonchev–Trinajstić information content (AvgIpc) is 3.07. The van der Waals surface area contributed by atoms with Crippen molar-refractivity contribution in [3.05, 3.63) is 58.1 Å². The third-order valence-corrected chi connectivity index (χ3v) is 5.52. The molecule has 0 bridgehead atoms. The number of likely N-dealkylation sites (tertiary alicyclic amines) is 1. The van der Waals surface area contributed by atoms with Gasteiger partial charge >= 0.3 is 5.76 Å². The molecule has 1 fully saturated rings. The minimum absolute atomic E-state index is 0.00766.